The Morgan fingerprint density at radius 1 is 1.26 bits per heavy atom. The van der Waals surface area contributed by atoms with Crippen molar-refractivity contribution in [2.24, 2.45) is 0 Å². The molecule has 138 valence electrons. The van der Waals surface area contributed by atoms with Gasteiger partial charge >= 0.3 is 0 Å². The number of aryl methyl sites for hydroxylation is 2. The lowest BCUT2D eigenvalue weighted by Crippen LogP contribution is -2.33. The van der Waals surface area contributed by atoms with Crippen molar-refractivity contribution in [2.75, 3.05) is 17.4 Å². The molecule has 7 nitrogen and oxygen atoms in total. The predicted octanol–water partition coefficient (Wildman–Crippen LogP) is 2.61. The number of fused-ring (bicyclic) bond motifs is 1. The van der Waals surface area contributed by atoms with E-state index in [2.05, 4.69) is 17.0 Å². The number of hydrogen-bond acceptors (Lipinski definition) is 5. The summed E-state index contributed by atoms with van der Waals surface area (Å²) in [6.07, 6.45) is 2.52. The van der Waals surface area contributed by atoms with Gasteiger partial charge < -0.3 is 4.90 Å². The summed E-state index contributed by atoms with van der Waals surface area (Å²) in [5, 5.41) is 0.514. The number of rotatable bonds is 4. The molecule has 3 rings (SSSR count). The van der Waals surface area contributed by atoms with Crippen molar-refractivity contribution in [3.05, 3.63) is 69.6 Å². The van der Waals surface area contributed by atoms with Crippen LogP contribution in [0.25, 0.3) is 10.2 Å². The van der Waals surface area contributed by atoms with Crippen LogP contribution in [0.15, 0.2) is 48.0 Å². The maximum Gasteiger partial charge on any atom is 0.281 e. The van der Waals surface area contributed by atoms with E-state index in [9.17, 15) is 14.4 Å². The molecule has 0 unspecified atom stereocenters. The summed E-state index contributed by atoms with van der Waals surface area (Å²) in [4.78, 5) is 44.1. The fourth-order valence-corrected chi connectivity index (χ4v) is 3.58. The van der Waals surface area contributed by atoms with Gasteiger partial charge in [-0.1, -0.05) is 6.58 Å². The number of anilines is 1. The van der Waals surface area contributed by atoms with Crippen LogP contribution in [-0.2, 0) is 4.79 Å². The number of amides is 2. The molecular weight excluding hydrogens is 364 g/mol. The van der Waals surface area contributed by atoms with Crippen LogP contribution in [0, 0.1) is 13.8 Å². The van der Waals surface area contributed by atoms with Crippen molar-refractivity contribution in [3.8, 4) is 0 Å². The van der Waals surface area contributed by atoms with Crippen molar-refractivity contribution in [3.63, 3.8) is 0 Å². The minimum Gasteiger partial charge on any atom is -0.312 e. The fraction of sp³-hybridized carbons (Fsp3) is 0.158. The Morgan fingerprint density at radius 2 is 1.93 bits per heavy atom. The van der Waals surface area contributed by atoms with Crippen LogP contribution >= 0.6 is 11.3 Å². The largest absolute Gasteiger partial charge is 0.312 e. The lowest BCUT2D eigenvalue weighted by atomic mass is 10.2. The Balaban J connectivity index is 1.85. The van der Waals surface area contributed by atoms with Gasteiger partial charge in [-0.15, -0.1) is 11.3 Å². The van der Waals surface area contributed by atoms with Gasteiger partial charge in [0, 0.05) is 23.2 Å². The van der Waals surface area contributed by atoms with E-state index in [4.69, 9.17) is 0 Å². The minimum absolute atomic E-state index is 0.250. The number of nitrogens with zero attached hydrogens (tertiary/aromatic N) is 3. The molecule has 3 aromatic rings. The van der Waals surface area contributed by atoms with Crippen molar-refractivity contribution in [1.82, 2.24) is 9.66 Å². The van der Waals surface area contributed by atoms with Crippen molar-refractivity contribution in [2.45, 2.75) is 13.8 Å². The van der Waals surface area contributed by atoms with Crippen LogP contribution in [-0.4, -0.2) is 28.5 Å². The molecule has 1 N–H and O–H groups in total. The molecule has 0 fully saturated rings. The van der Waals surface area contributed by atoms with E-state index in [1.165, 1.54) is 28.6 Å². The van der Waals surface area contributed by atoms with Gasteiger partial charge in [0.15, 0.2) is 0 Å². The maximum atomic E-state index is 12.6. The number of hydrogen-bond donors (Lipinski definition) is 1. The molecule has 2 amide bonds. The Kier molecular flexibility index (Phi) is 4.91. The molecule has 2 heterocycles. The third kappa shape index (κ3) is 3.39. The SMILES string of the molecule is C=CC(=O)N(C)c1ccc(C(=O)Nn2cnc3sc(C)c(C)c3c2=O)cc1. The molecule has 8 heteroatoms. The lowest BCUT2D eigenvalue weighted by molar-refractivity contribution is -0.113. The highest BCUT2D eigenvalue weighted by Gasteiger charge is 2.14. The van der Waals surface area contributed by atoms with E-state index in [-0.39, 0.29) is 11.5 Å². The highest BCUT2D eigenvalue weighted by atomic mass is 32.1. The number of carbonyl (C=O) groups is 2. The number of benzene rings is 1. The van der Waals surface area contributed by atoms with E-state index < -0.39 is 5.91 Å². The first-order valence-corrected chi connectivity index (χ1v) is 8.94. The maximum absolute atomic E-state index is 12.6. The number of thiophene rings is 1. The molecule has 0 bridgehead atoms. The zero-order valence-corrected chi connectivity index (χ0v) is 16.0. The van der Waals surface area contributed by atoms with Crippen LogP contribution in [0.1, 0.15) is 20.8 Å². The highest BCUT2D eigenvalue weighted by molar-refractivity contribution is 7.18. The molecule has 27 heavy (non-hydrogen) atoms. The summed E-state index contributed by atoms with van der Waals surface area (Å²) >= 11 is 1.45. The Hall–Kier alpha value is -3.26. The van der Waals surface area contributed by atoms with E-state index >= 15 is 0 Å². The van der Waals surface area contributed by atoms with Crippen LogP contribution in [0.5, 0.6) is 0 Å². The quantitative estimate of drug-likeness (QED) is 0.703. The van der Waals surface area contributed by atoms with Gasteiger partial charge in [-0.3, -0.25) is 19.8 Å². The summed E-state index contributed by atoms with van der Waals surface area (Å²) in [5.74, 6) is -0.702. The Morgan fingerprint density at radius 3 is 2.56 bits per heavy atom. The van der Waals surface area contributed by atoms with E-state index in [0.29, 0.717) is 21.5 Å². The molecule has 0 radical (unpaired) electrons. The summed E-state index contributed by atoms with van der Waals surface area (Å²) < 4.78 is 1.09. The first kappa shape index (κ1) is 18.5. The van der Waals surface area contributed by atoms with Crippen molar-refractivity contribution >= 4 is 39.1 Å². The van der Waals surface area contributed by atoms with E-state index in [1.807, 2.05) is 13.8 Å². The second-order valence-electron chi connectivity index (χ2n) is 5.97. The first-order chi connectivity index (χ1) is 12.8. The van der Waals surface area contributed by atoms with Crippen LogP contribution in [0.3, 0.4) is 0 Å². The standard InChI is InChI=1S/C19H18N4O3S/c1-5-15(24)22(4)14-8-6-13(7-9-14)17(25)21-23-10-20-18-16(19(23)26)11(2)12(3)27-18/h5-10H,1H2,2-4H3,(H,21,25). The van der Waals surface area contributed by atoms with Gasteiger partial charge in [0.05, 0.1) is 5.39 Å². The van der Waals surface area contributed by atoms with Gasteiger partial charge in [0.25, 0.3) is 11.5 Å². The van der Waals surface area contributed by atoms with Gasteiger partial charge in [0.2, 0.25) is 5.91 Å². The fourth-order valence-electron chi connectivity index (χ4n) is 2.59. The first-order valence-electron chi connectivity index (χ1n) is 8.12. The molecule has 1 aromatic carbocycles. The van der Waals surface area contributed by atoms with Gasteiger partial charge in [-0.25, -0.2) is 9.66 Å². The number of nitrogens with one attached hydrogen (secondary N) is 1. The second-order valence-corrected chi connectivity index (χ2v) is 7.18. The molecule has 0 atom stereocenters. The molecule has 0 aliphatic carbocycles. The molecule has 0 saturated heterocycles. The summed E-state index contributed by atoms with van der Waals surface area (Å²) in [5.41, 5.74) is 4.08. The average molecular weight is 382 g/mol. The number of aromatic nitrogens is 2. The lowest BCUT2D eigenvalue weighted by Gasteiger charge is -2.15. The van der Waals surface area contributed by atoms with Crippen molar-refractivity contribution in [1.29, 1.82) is 0 Å². The zero-order valence-electron chi connectivity index (χ0n) is 15.1. The van der Waals surface area contributed by atoms with E-state index in [1.54, 1.807) is 31.3 Å². The zero-order chi connectivity index (χ0) is 19.7. The molecule has 0 aliphatic rings. The number of carbonyl (C=O) groups excluding carboxylic acids is 2. The molecular formula is C19H18N4O3S. The van der Waals surface area contributed by atoms with E-state index in [0.717, 1.165) is 15.1 Å². The minimum atomic E-state index is -0.452. The Bertz CT molecular complexity index is 1110. The predicted molar refractivity (Wildman–Crippen MR) is 107 cm³/mol. The second kappa shape index (κ2) is 7.16. The summed E-state index contributed by atoms with van der Waals surface area (Å²) in [7, 11) is 1.62. The highest BCUT2D eigenvalue weighted by Crippen LogP contribution is 2.25. The van der Waals surface area contributed by atoms with Crippen LogP contribution in [0.4, 0.5) is 5.69 Å². The Labute approximate surface area is 159 Å². The van der Waals surface area contributed by atoms with Crippen LogP contribution in [0.2, 0.25) is 0 Å². The van der Waals surface area contributed by atoms with Gasteiger partial charge in [-0.05, 0) is 49.8 Å². The van der Waals surface area contributed by atoms with Crippen LogP contribution < -0.4 is 15.9 Å². The summed E-state index contributed by atoms with van der Waals surface area (Å²) in [6, 6.07) is 6.45. The third-order valence-corrected chi connectivity index (χ3v) is 5.45. The third-order valence-electron chi connectivity index (χ3n) is 4.33. The normalized spacial score (nSPS) is 10.6. The molecule has 2 aromatic heterocycles. The van der Waals surface area contributed by atoms with Gasteiger partial charge in [-0.2, -0.15) is 0 Å². The van der Waals surface area contributed by atoms with Crippen molar-refractivity contribution < 1.29 is 9.59 Å². The molecule has 0 saturated carbocycles. The molecule has 0 aliphatic heterocycles. The summed E-state index contributed by atoms with van der Waals surface area (Å²) in [6.45, 7) is 7.24. The smallest absolute Gasteiger partial charge is 0.281 e. The molecule has 0 spiro atoms. The number of likely N-dealkylation sites (N-methyl/N-ethyl adjacent to an activating group) is 1. The monoisotopic (exact) mass is 382 g/mol. The average Bonchev–Trinajstić information content (AvgIpc) is 2.97. The topological polar surface area (TPSA) is 84.3 Å². The van der Waals surface area contributed by atoms with Gasteiger partial charge in [0.1, 0.15) is 11.2 Å².